The van der Waals surface area contributed by atoms with Crippen LogP contribution in [-0.4, -0.2) is 7.05 Å². The molecule has 18 heavy (non-hydrogen) atoms. The van der Waals surface area contributed by atoms with Crippen LogP contribution in [-0.2, 0) is 0 Å². The molecule has 4 heteroatoms. The Kier molecular flexibility index (Phi) is 3.39. The highest BCUT2D eigenvalue weighted by Crippen LogP contribution is 2.35. The van der Waals surface area contributed by atoms with E-state index in [4.69, 9.17) is 11.6 Å². The molecule has 0 bridgehead atoms. The summed E-state index contributed by atoms with van der Waals surface area (Å²) in [6.45, 7) is 0. The topological polar surface area (TPSA) is 12.0 Å². The molecule has 3 aromatic rings. The van der Waals surface area contributed by atoms with Crippen LogP contribution in [0.25, 0.3) is 9.40 Å². The van der Waals surface area contributed by atoms with Gasteiger partial charge in [0, 0.05) is 19.3 Å². The van der Waals surface area contributed by atoms with E-state index in [0.29, 0.717) is 0 Å². The second kappa shape index (κ2) is 5.02. The molecule has 2 heterocycles. The molecule has 2 aromatic heterocycles. The number of fused-ring (bicyclic) bond motifs is 1. The summed E-state index contributed by atoms with van der Waals surface area (Å²) >= 11 is 9.58. The number of benzene rings is 1. The number of thiophene rings is 2. The van der Waals surface area contributed by atoms with E-state index in [1.54, 1.807) is 11.3 Å². The van der Waals surface area contributed by atoms with E-state index in [-0.39, 0.29) is 6.04 Å². The van der Waals surface area contributed by atoms with Crippen LogP contribution in [0.4, 0.5) is 0 Å². The highest BCUT2D eigenvalue weighted by atomic mass is 35.5. The fourth-order valence-corrected chi connectivity index (χ4v) is 4.44. The van der Waals surface area contributed by atoms with Crippen LogP contribution in [0, 0.1) is 0 Å². The maximum atomic E-state index is 5.94. The summed E-state index contributed by atoms with van der Waals surface area (Å²) in [6.07, 6.45) is 0. The molecule has 0 spiro atoms. The predicted octanol–water partition coefficient (Wildman–Crippen LogP) is 4.93. The van der Waals surface area contributed by atoms with Crippen molar-refractivity contribution in [1.29, 1.82) is 0 Å². The van der Waals surface area contributed by atoms with E-state index >= 15 is 0 Å². The molecule has 0 aliphatic carbocycles. The number of hydrogen-bond donors (Lipinski definition) is 1. The van der Waals surface area contributed by atoms with Crippen molar-refractivity contribution >= 4 is 43.7 Å². The van der Waals surface area contributed by atoms with Crippen LogP contribution in [0.15, 0.2) is 41.8 Å². The lowest BCUT2D eigenvalue weighted by Gasteiger charge is -2.14. The van der Waals surface area contributed by atoms with Crippen LogP contribution >= 0.6 is 34.3 Å². The monoisotopic (exact) mass is 293 g/mol. The molecule has 0 amide bonds. The van der Waals surface area contributed by atoms with Gasteiger partial charge in [-0.05, 0) is 42.3 Å². The minimum absolute atomic E-state index is 0.242. The quantitative estimate of drug-likeness (QED) is 0.722. The van der Waals surface area contributed by atoms with Crippen LogP contribution < -0.4 is 5.32 Å². The second-order valence-electron chi connectivity index (χ2n) is 4.07. The summed E-state index contributed by atoms with van der Waals surface area (Å²) in [5, 5.41) is 6.30. The smallest absolute Gasteiger partial charge is 0.0669 e. The largest absolute Gasteiger partial charge is 0.309 e. The van der Waals surface area contributed by atoms with E-state index in [2.05, 4.69) is 35.0 Å². The van der Waals surface area contributed by atoms with Gasteiger partial charge in [0.2, 0.25) is 0 Å². The summed E-state index contributed by atoms with van der Waals surface area (Å²) in [7, 11) is 1.99. The van der Waals surface area contributed by atoms with E-state index < -0.39 is 0 Å². The highest BCUT2D eigenvalue weighted by Gasteiger charge is 2.15. The van der Waals surface area contributed by atoms with E-state index in [9.17, 15) is 0 Å². The van der Waals surface area contributed by atoms with Crippen LogP contribution in [0.5, 0.6) is 0 Å². The summed E-state index contributed by atoms with van der Waals surface area (Å²) < 4.78 is 2.73. The molecule has 1 N–H and O–H groups in total. The maximum Gasteiger partial charge on any atom is 0.0669 e. The molecule has 0 saturated heterocycles. The summed E-state index contributed by atoms with van der Waals surface area (Å²) in [6, 6.07) is 12.7. The maximum absolute atomic E-state index is 5.94. The van der Waals surface area contributed by atoms with Gasteiger partial charge in [-0.1, -0.05) is 23.7 Å². The van der Waals surface area contributed by atoms with Crippen LogP contribution in [0.3, 0.4) is 0 Å². The molecule has 0 fully saturated rings. The molecule has 92 valence electrons. The van der Waals surface area contributed by atoms with Crippen molar-refractivity contribution < 1.29 is 0 Å². The molecular formula is C14H12ClNS2. The average Bonchev–Trinajstić information content (AvgIpc) is 2.93. The van der Waals surface area contributed by atoms with Gasteiger partial charge in [0.15, 0.2) is 0 Å². The molecule has 0 aliphatic rings. The first kappa shape index (κ1) is 12.2. The molecule has 1 nitrogen and oxygen atoms in total. The molecule has 0 radical (unpaired) electrons. The summed E-state index contributed by atoms with van der Waals surface area (Å²) in [5.41, 5.74) is 1.25. The minimum Gasteiger partial charge on any atom is -0.309 e. The Bertz CT molecular complexity index is 625. The highest BCUT2D eigenvalue weighted by molar-refractivity contribution is 7.27. The normalized spacial score (nSPS) is 13.0. The Hall–Kier alpha value is -0.870. The Morgan fingerprint density at radius 2 is 1.89 bits per heavy atom. The van der Waals surface area contributed by atoms with Crippen molar-refractivity contribution in [2.24, 2.45) is 0 Å². The number of rotatable bonds is 3. The zero-order valence-electron chi connectivity index (χ0n) is 9.81. The number of hydrogen-bond acceptors (Lipinski definition) is 3. The van der Waals surface area contributed by atoms with Crippen molar-refractivity contribution in [3.8, 4) is 0 Å². The second-order valence-corrected chi connectivity index (χ2v) is 6.57. The standard InChI is InChI=1S/C14H12ClNS2/c1-16-14(9-2-4-10(15)5-3-9)13-8-12-11(18-13)6-7-17-12/h2-8,14,16H,1H3. The van der Waals surface area contributed by atoms with E-state index in [0.717, 1.165) is 5.02 Å². The van der Waals surface area contributed by atoms with Gasteiger partial charge in [-0.25, -0.2) is 0 Å². The van der Waals surface area contributed by atoms with Crippen LogP contribution in [0.2, 0.25) is 5.02 Å². The molecule has 0 aliphatic heterocycles. The summed E-state index contributed by atoms with van der Waals surface area (Å²) in [4.78, 5) is 1.35. The van der Waals surface area contributed by atoms with Gasteiger partial charge in [-0.2, -0.15) is 0 Å². The van der Waals surface area contributed by atoms with Crippen molar-refractivity contribution in [3.05, 3.63) is 57.2 Å². The van der Waals surface area contributed by atoms with Gasteiger partial charge in [0.1, 0.15) is 0 Å². The van der Waals surface area contributed by atoms with Crippen molar-refractivity contribution in [2.45, 2.75) is 6.04 Å². The lowest BCUT2D eigenvalue weighted by Crippen LogP contribution is -2.16. The number of halogens is 1. The third kappa shape index (κ3) is 2.19. The first-order valence-corrected chi connectivity index (χ1v) is 7.75. The van der Waals surface area contributed by atoms with Crippen molar-refractivity contribution in [2.75, 3.05) is 7.05 Å². The average molecular weight is 294 g/mol. The van der Waals surface area contributed by atoms with Gasteiger partial charge in [-0.3, -0.25) is 0 Å². The molecule has 1 aromatic carbocycles. The Morgan fingerprint density at radius 1 is 1.11 bits per heavy atom. The van der Waals surface area contributed by atoms with Gasteiger partial charge >= 0.3 is 0 Å². The lowest BCUT2D eigenvalue weighted by molar-refractivity contribution is 0.704. The summed E-state index contributed by atoms with van der Waals surface area (Å²) in [5.74, 6) is 0. The predicted molar refractivity (Wildman–Crippen MR) is 82.1 cm³/mol. The van der Waals surface area contributed by atoms with Gasteiger partial charge in [-0.15, -0.1) is 22.7 Å². The van der Waals surface area contributed by atoms with Gasteiger partial charge in [0.05, 0.1) is 6.04 Å². The first-order valence-electron chi connectivity index (χ1n) is 5.67. The Balaban J connectivity index is 2.01. The van der Waals surface area contributed by atoms with Crippen molar-refractivity contribution in [1.82, 2.24) is 5.32 Å². The Morgan fingerprint density at radius 3 is 2.56 bits per heavy atom. The molecule has 1 unspecified atom stereocenters. The first-order chi connectivity index (χ1) is 8.78. The minimum atomic E-state index is 0.242. The molecule has 1 atom stereocenters. The zero-order chi connectivity index (χ0) is 12.5. The molecule has 3 rings (SSSR count). The Labute approximate surface area is 119 Å². The fourth-order valence-electron chi connectivity index (χ4n) is 2.06. The molecule has 0 saturated carbocycles. The number of nitrogens with one attached hydrogen (secondary N) is 1. The van der Waals surface area contributed by atoms with Crippen molar-refractivity contribution in [3.63, 3.8) is 0 Å². The third-order valence-corrected chi connectivity index (χ3v) is 5.35. The van der Waals surface area contributed by atoms with Gasteiger partial charge in [0.25, 0.3) is 0 Å². The fraction of sp³-hybridized carbons (Fsp3) is 0.143. The zero-order valence-corrected chi connectivity index (χ0v) is 12.2. The lowest BCUT2D eigenvalue weighted by atomic mass is 10.1. The van der Waals surface area contributed by atoms with Gasteiger partial charge < -0.3 is 5.32 Å². The van der Waals surface area contributed by atoms with E-state index in [1.165, 1.54) is 19.8 Å². The molecular weight excluding hydrogens is 282 g/mol. The SMILES string of the molecule is CNC(c1ccc(Cl)cc1)c1cc2sccc2s1. The van der Waals surface area contributed by atoms with E-state index in [1.807, 2.05) is 30.5 Å². The third-order valence-electron chi connectivity index (χ3n) is 2.93. The van der Waals surface area contributed by atoms with Crippen LogP contribution in [0.1, 0.15) is 16.5 Å².